The van der Waals surface area contributed by atoms with E-state index in [-0.39, 0.29) is 23.7 Å². The summed E-state index contributed by atoms with van der Waals surface area (Å²) in [6, 6.07) is 7.72. The Hall–Kier alpha value is -3.83. The smallest absolute Gasteiger partial charge is 0.210 e. The molecule has 0 spiro atoms. The van der Waals surface area contributed by atoms with Crippen molar-refractivity contribution >= 4 is 28.7 Å². The van der Waals surface area contributed by atoms with E-state index < -0.39 is 0 Å². The van der Waals surface area contributed by atoms with Crippen LogP contribution in [0, 0.1) is 0 Å². The van der Waals surface area contributed by atoms with Crippen molar-refractivity contribution in [3.05, 3.63) is 48.0 Å². The van der Waals surface area contributed by atoms with Crippen molar-refractivity contribution in [3.8, 4) is 11.5 Å². The number of ketones is 1. The first-order chi connectivity index (χ1) is 18.7. The van der Waals surface area contributed by atoms with E-state index in [1.165, 1.54) is 0 Å². The predicted molar refractivity (Wildman–Crippen MR) is 147 cm³/mol. The number of methoxy groups -OCH3 is 1. The zero-order valence-electron chi connectivity index (χ0n) is 23.1. The van der Waals surface area contributed by atoms with E-state index in [4.69, 9.17) is 19.3 Å². The molecule has 0 aliphatic carbocycles. The number of carbonyl (C=O) groups is 1. The molecule has 1 N–H and O–H groups in total. The fraction of sp³-hybridized carbons (Fsp3) is 0.464. The minimum Gasteiger partial charge on any atom is -0.456 e. The van der Waals surface area contributed by atoms with Gasteiger partial charge in [0.15, 0.2) is 11.5 Å². The fourth-order valence-electron chi connectivity index (χ4n) is 4.60. The first-order valence-corrected chi connectivity index (χ1v) is 13.1. The lowest BCUT2D eigenvalue weighted by molar-refractivity contribution is -0.119. The third-order valence-corrected chi connectivity index (χ3v) is 6.70. The number of hydrogen-bond donors (Lipinski definition) is 1. The zero-order chi connectivity index (χ0) is 27.6. The van der Waals surface area contributed by atoms with Crippen LogP contribution in [0.1, 0.15) is 51.0 Å². The number of nitrogens with one attached hydrogen (secondary N) is 1. The lowest BCUT2D eigenvalue weighted by atomic mass is 9.91. The van der Waals surface area contributed by atoms with Crippen molar-refractivity contribution in [3.63, 3.8) is 0 Å². The van der Waals surface area contributed by atoms with Crippen LogP contribution in [-0.4, -0.2) is 62.0 Å². The van der Waals surface area contributed by atoms with E-state index in [1.807, 2.05) is 17.7 Å². The largest absolute Gasteiger partial charge is 0.456 e. The average Bonchev–Trinajstić information content (AvgIpc) is 3.63. The van der Waals surface area contributed by atoms with Crippen LogP contribution in [0.25, 0.3) is 11.2 Å². The normalized spacial score (nSPS) is 15.7. The number of carbonyl (C=O) groups excluding carboxylic acids is 1. The Morgan fingerprint density at radius 1 is 1.21 bits per heavy atom. The number of fused-ring (bicyclic) bond motifs is 1. The van der Waals surface area contributed by atoms with E-state index in [0.717, 1.165) is 30.1 Å². The summed E-state index contributed by atoms with van der Waals surface area (Å²) in [6.07, 6.45) is 4.80. The maximum atomic E-state index is 12.1. The minimum absolute atomic E-state index is 0.0653. The Morgan fingerprint density at radius 2 is 2.05 bits per heavy atom. The highest BCUT2D eigenvalue weighted by Crippen LogP contribution is 2.32. The number of ether oxygens (including phenoxy) is 3. The first-order valence-electron chi connectivity index (χ1n) is 13.1. The third kappa shape index (κ3) is 6.10. The number of aromatic nitrogens is 6. The predicted octanol–water partition coefficient (Wildman–Crippen LogP) is 4.50. The van der Waals surface area contributed by atoms with Gasteiger partial charge in [0.2, 0.25) is 5.95 Å². The lowest BCUT2D eigenvalue weighted by Gasteiger charge is -2.22. The van der Waals surface area contributed by atoms with Gasteiger partial charge in [0, 0.05) is 69.1 Å². The SMILES string of the molecule is COCCC(=O)Cc1cc(Oc2cnc3nc(Nc4cc(C(C)(C)C)n(C5CCOC5)n4)n(C)c3c2)ccn1. The molecule has 1 fully saturated rings. The summed E-state index contributed by atoms with van der Waals surface area (Å²) in [5.41, 5.74) is 3.11. The highest BCUT2D eigenvalue weighted by molar-refractivity contribution is 5.80. The van der Waals surface area contributed by atoms with Gasteiger partial charge in [-0.3, -0.25) is 14.5 Å². The van der Waals surface area contributed by atoms with Crippen LogP contribution in [0.2, 0.25) is 0 Å². The summed E-state index contributed by atoms with van der Waals surface area (Å²) in [7, 11) is 3.50. The van der Waals surface area contributed by atoms with Crippen LogP contribution in [-0.2, 0) is 33.2 Å². The number of nitrogens with zero attached hydrogens (tertiary/aromatic N) is 6. The molecular formula is C28H35N7O4. The summed E-state index contributed by atoms with van der Waals surface area (Å²) < 4.78 is 20.7. The highest BCUT2D eigenvalue weighted by atomic mass is 16.5. The fourth-order valence-corrected chi connectivity index (χ4v) is 4.60. The Balaban J connectivity index is 1.34. The molecule has 1 aliphatic rings. The summed E-state index contributed by atoms with van der Waals surface area (Å²) >= 11 is 0. The summed E-state index contributed by atoms with van der Waals surface area (Å²) in [4.78, 5) is 25.6. The molecule has 0 aromatic carbocycles. The van der Waals surface area contributed by atoms with Crippen LogP contribution >= 0.6 is 0 Å². The number of Topliss-reactive ketones (excluding diaryl/α,β-unsaturated/α-hetero) is 1. The Morgan fingerprint density at radius 3 is 2.79 bits per heavy atom. The second-order valence-electron chi connectivity index (χ2n) is 10.8. The van der Waals surface area contributed by atoms with Gasteiger partial charge in [0.1, 0.15) is 17.3 Å². The highest BCUT2D eigenvalue weighted by Gasteiger charge is 2.28. The molecule has 1 unspecified atom stereocenters. The molecule has 0 radical (unpaired) electrons. The molecule has 11 heteroatoms. The van der Waals surface area contributed by atoms with Crippen LogP contribution in [0.15, 0.2) is 36.7 Å². The number of imidazole rings is 1. The van der Waals surface area contributed by atoms with Crippen molar-refractivity contribution < 1.29 is 19.0 Å². The summed E-state index contributed by atoms with van der Waals surface area (Å²) in [6.45, 7) is 8.39. The van der Waals surface area contributed by atoms with Crippen LogP contribution in [0.5, 0.6) is 11.5 Å². The zero-order valence-corrected chi connectivity index (χ0v) is 23.1. The Bertz CT molecular complexity index is 1460. The molecule has 39 heavy (non-hydrogen) atoms. The number of anilines is 2. The van der Waals surface area contributed by atoms with E-state index in [1.54, 1.807) is 31.6 Å². The molecule has 1 saturated heterocycles. The molecule has 5 heterocycles. The average molecular weight is 534 g/mol. The Kier molecular flexibility index (Phi) is 7.62. The van der Waals surface area contributed by atoms with Crippen molar-refractivity contribution in [1.82, 2.24) is 29.3 Å². The van der Waals surface area contributed by atoms with Gasteiger partial charge in [-0.05, 0) is 12.5 Å². The molecule has 0 bridgehead atoms. The van der Waals surface area contributed by atoms with Gasteiger partial charge in [-0.2, -0.15) is 10.1 Å². The topological polar surface area (TPSA) is 118 Å². The standard InChI is InChI=1S/C28H35N7O4/c1-28(2,3)24-15-25(33-35(24)19-7-11-38-17-19)31-27-32-26-23(34(27)4)14-22(16-30-26)39-21-6-9-29-18(13-21)12-20(36)8-10-37-5/h6,9,13-16,19H,7-8,10-12,17H2,1-5H3,(H,30,31,32,33). The van der Waals surface area contributed by atoms with Gasteiger partial charge >= 0.3 is 0 Å². The molecule has 1 aliphatic heterocycles. The third-order valence-electron chi connectivity index (χ3n) is 6.70. The molecule has 11 nitrogen and oxygen atoms in total. The molecule has 4 aromatic heterocycles. The second kappa shape index (κ2) is 11.1. The molecule has 4 aromatic rings. The van der Waals surface area contributed by atoms with Gasteiger partial charge in [-0.25, -0.2) is 4.98 Å². The molecule has 206 valence electrons. The Labute approximate surface area is 227 Å². The van der Waals surface area contributed by atoms with Gasteiger partial charge < -0.3 is 24.1 Å². The van der Waals surface area contributed by atoms with Gasteiger partial charge in [0.05, 0.1) is 36.7 Å². The lowest BCUT2D eigenvalue weighted by Crippen LogP contribution is -2.22. The van der Waals surface area contributed by atoms with Crippen LogP contribution < -0.4 is 10.1 Å². The van der Waals surface area contributed by atoms with Crippen LogP contribution in [0.4, 0.5) is 11.8 Å². The number of aryl methyl sites for hydroxylation is 1. The molecule has 1 atom stereocenters. The monoisotopic (exact) mass is 533 g/mol. The van der Waals surface area contributed by atoms with Crippen molar-refractivity contribution in [2.75, 3.05) is 32.2 Å². The maximum Gasteiger partial charge on any atom is 0.210 e. The molecule has 0 amide bonds. The van der Waals surface area contributed by atoms with E-state index in [2.05, 4.69) is 51.8 Å². The van der Waals surface area contributed by atoms with Gasteiger partial charge in [-0.15, -0.1) is 0 Å². The van der Waals surface area contributed by atoms with Crippen molar-refractivity contribution in [2.45, 2.75) is 51.5 Å². The van der Waals surface area contributed by atoms with Gasteiger partial charge in [0.25, 0.3) is 0 Å². The molecule has 0 saturated carbocycles. The molecule has 5 rings (SSSR count). The van der Waals surface area contributed by atoms with Gasteiger partial charge in [-0.1, -0.05) is 20.8 Å². The quantitative estimate of drug-likeness (QED) is 0.314. The molecular weight excluding hydrogens is 498 g/mol. The van der Waals surface area contributed by atoms with E-state index in [0.29, 0.717) is 48.4 Å². The summed E-state index contributed by atoms with van der Waals surface area (Å²) in [5.74, 6) is 2.56. The van der Waals surface area contributed by atoms with Crippen molar-refractivity contribution in [2.24, 2.45) is 7.05 Å². The second-order valence-corrected chi connectivity index (χ2v) is 10.8. The maximum absolute atomic E-state index is 12.1. The summed E-state index contributed by atoms with van der Waals surface area (Å²) in [5, 5.41) is 8.25. The number of rotatable bonds is 10. The minimum atomic E-state index is -0.0697. The number of hydrogen-bond acceptors (Lipinski definition) is 9. The number of pyridine rings is 2. The van der Waals surface area contributed by atoms with Crippen LogP contribution in [0.3, 0.4) is 0 Å². The van der Waals surface area contributed by atoms with Crippen molar-refractivity contribution in [1.29, 1.82) is 0 Å². The van der Waals surface area contributed by atoms with E-state index in [9.17, 15) is 4.79 Å². The first kappa shape index (κ1) is 26.8. The van der Waals surface area contributed by atoms with E-state index >= 15 is 0 Å².